The highest BCUT2D eigenvalue weighted by Gasteiger charge is 2.10. The first-order valence-electron chi connectivity index (χ1n) is 6.72. The predicted molar refractivity (Wildman–Crippen MR) is 81.3 cm³/mol. The lowest BCUT2D eigenvalue weighted by molar-refractivity contribution is 0.414. The Morgan fingerprint density at radius 2 is 2.10 bits per heavy atom. The molecule has 4 nitrogen and oxygen atoms in total. The van der Waals surface area contributed by atoms with Gasteiger partial charge < -0.3 is 19.4 Å². The van der Waals surface area contributed by atoms with Gasteiger partial charge in [-0.1, -0.05) is 6.07 Å². The summed E-state index contributed by atoms with van der Waals surface area (Å²) in [7, 11) is 5.66. The number of anilines is 1. The molecule has 0 bridgehead atoms. The zero-order valence-electron chi connectivity index (χ0n) is 12.6. The van der Waals surface area contributed by atoms with Crippen molar-refractivity contribution in [1.82, 2.24) is 5.32 Å². The zero-order valence-corrected chi connectivity index (χ0v) is 12.6. The highest BCUT2D eigenvalue weighted by Crippen LogP contribution is 2.23. The van der Waals surface area contributed by atoms with Gasteiger partial charge in [0.05, 0.1) is 13.7 Å². The van der Waals surface area contributed by atoms with E-state index in [-0.39, 0.29) is 0 Å². The molecule has 0 aliphatic heterocycles. The number of hydrogen-bond acceptors (Lipinski definition) is 4. The van der Waals surface area contributed by atoms with E-state index in [1.54, 1.807) is 7.11 Å². The van der Waals surface area contributed by atoms with Gasteiger partial charge in [-0.15, -0.1) is 0 Å². The average molecular weight is 274 g/mol. The Morgan fingerprint density at radius 1 is 1.30 bits per heavy atom. The van der Waals surface area contributed by atoms with Gasteiger partial charge in [-0.25, -0.2) is 0 Å². The number of aryl methyl sites for hydroxylation is 1. The van der Waals surface area contributed by atoms with Crippen molar-refractivity contribution in [3.8, 4) is 5.75 Å². The van der Waals surface area contributed by atoms with Gasteiger partial charge in [0, 0.05) is 30.9 Å². The Bertz CT molecular complexity index is 563. The topological polar surface area (TPSA) is 37.6 Å². The molecule has 0 saturated carbocycles. The van der Waals surface area contributed by atoms with Crippen LogP contribution in [0.3, 0.4) is 0 Å². The van der Waals surface area contributed by atoms with E-state index in [2.05, 4.69) is 22.3 Å². The van der Waals surface area contributed by atoms with Crippen LogP contribution in [0.4, 0.5) is 5.69 Å². The summed E-state index contributed by atoms with van der Waals surface area (Å²) >= 11 is 0. The second-order valence-corrected chi connectivity index (χ2v) is 4.88. The maximum absolute atomic E-state index is 5.80. The molecule has 2 rings (SSSR count). The monoisotopic (exact) mass is 274 g/mol. The summed E-state index contributed by atoms with van der Waals surface area (Å²) in [5.41, 5.74) is 2.31. The second kappa shape index (κ2) is 6.48. The average Bonchev–Trinajstić information content (AvgIpc) is 2.79. The number of ether oxygens (including phenoxy) is 1. The Hall–Kier alpha value is -1.94. The second-order valence-electron chi connectivity index (χ2n) is 4.88. The Morgan fingerprint density at radius 3 is 2.80 bits per heavy atom. The molecule has 0 aliphatic carbocycles. The molecule has 0 spiro atoms. The zero-order chi connectivity index (χ0) is 14.5. The van der Waals surface area contributed by atoms with E-state index in [4.69, 9.17) is 9.15 Å². The van der Waals surface area contributed by atoms with Gasteiger partial charge in [0.2, 0.25) is 0 Å². The van der Waals surface area contributed by atoms with Gasteiger partial charge in [0.1, 0.15) is 17.3 Å². The number of rotatable bonds is 6. The van der Waals surface area contributed by atoms with E-state index in [9.17, 15) is 0 Å². The SMILES string of the molecule is CNCc1cc(CN(C)c2cccc(OC)c2)oc1C. The predicted octanol–water partition coefficient (Wildman–Crippen LogP) is 2.95. The first kappa shape index (κ1) is 14.5. The fraction of sp³-hybridized carbons (Fsp3) is 0.375. The summed E-state index contributed by atoms with van der Waals surface area (Å²) in [6, 6.07) is 10.1. The molecule has 1 N–H and O–H groups in total. The van der Waals surface area contributed by atoms with E-state index in [1.165, 1.54) is 5.56 Å². The van der Waals surface area contributed by atoms with Crippen LogP contribution in [0.5, 0.6) is 5.75 Å². The van der Waals surface area contributed by atoms with Crippen LogP contribution in [0.15, 0.2) is 34.7 Å². The van der Waals surface area contributed by atoms with Crippen LogP contribution in [0.2, 0.25) is 0 Å². The van der Waals surface area contributed by atoms with Crippen molar-refractivity contribution in [1.29, 1.82) is 0 Å². The van der Waals surface area contributed by atoms with Gasteiger partial charge in [-0.2, -0.15) is 0 Å². The standard InChI is InChI=1S/C16H22N2O2/c1-12-13(10-17-2)8-16(20-12)11-18(3)14-6-5-7-15(9-14)19-4/h5-9,17H,10-11H2,1-4H3. The molecule has 0 fully saturated rings. The van der Waals surface area contributed by atoms with Gasteiger partial charge in [-0.05, 0) is 32.2 Å². The van der Waals surface area contributed by atoms with Crippen molar-refractivity contribution in [2.75, 3.05) is 26.1 Å². The molecule has 20 heavy (non-hydrogen) atoms. The molecule has 0 aliphatic rings. The number of benzene rings is 1. The smallest absolute Gasteiger partial charge is 0.123 e. The van der Waals surface area contributed by atoms with Crippen molar-refractivity contribution < 1.29 is 9.15 Å². The van der Waals surface area contributed by atoms with Gasteiger partial charge in [0.15, 0.2) is 0 Å². The third kappa shape index (κ3) is 3.33. The van der Waals surface area contributed by atoms with Crippen LogP contribution in [0.25, 0.3) is 0 Å². The summed E-state index contributed by atoms with van der Waals surface area (Å²) in [6.45, 7) is 3.57. The molecule has 108 valence electrons. The molecule has 1 aromatic heterocycles. The van der Waals surface area contributed by atoms with Crippen LogP contribution in [0, 0.1) is 6.92 Å². The minimum absolute atomic E-state index is 0.734. The maximum Gasteiger partial charge on any atom is 0.123 e. The van der Waals surface area contributed by atoms with Crippen LogP contribution in [-0.2, 0) is 13.1 Å². The van der Waals surface area contributed by atoms with Crippen molar-refractivity contribution in [3.05, 3.63) is 47.4 Å². The number of nitrogens with one attached hydrogen (secondary N) is 1. The third-order valence-corrected chi connectivity index (χ3v) is 3.33. The van der Waals surface area contributed by atoms with E-state index in [0.29, 0.717) is 0 Å². The lowest BCUT2D eigenvalue weighted by atomic mass is 10.2. The van der Waals surface area contributed by atoms with Gasteiger partial charge >= 0.3 is 0 Å². The Balaban J connectivity index is 2.10. The van der Waals surface area contributed by atoms with E-state index in [1.807, 2.05) is 39.2 Å². The van der Waals surface area contributed by atoms with Crippen LogP contribution < -0.4 is 15.0 Å². The molecular weight excluding hydrogens is 252 g/mol. The Kier molecular flexibility index (Phi) is 4.69. The highest BCUT2D eigenvalue weighted by atomic mass is 16.5. The first-order chi connectivity index (χ1) is 9.63. The Labute approximate surface area is 120 Å². The van der Waals surface area contributed by atoms with Gasteiger partial charge in [-0.3, -0.25) is 0 Å². The molecule has 0 amide bonds. The molecule has 0 unspecified atom stereocenters. The molecule has 1 heterocycles. The first-order valence-corrected chi connectivity index (χ1v) is 6.72. The van der Waals surface area contributed by atoms with Gasteiger partial charge in [0.25, 0.3) is 0 Å². The van der Waals surface area contributed by atoms with E-state index in [0.717, 1.165) is 36.0 Å². The fourth-order valence-electron chi connectivity index (χ4n) is 2.20. The number of methoxy groups -OCH3 is 1. The normalized spacial score (nSPS) is 10.6. The van der Waals surface area contributed by atoms with Crippen molar-refractivity contribution in [3.63, 3.8) is 0 Å². The number of furan rings is 1. The molecule has 4 heteroatoms. The molecule has 2 aromatic rings. The van der Waals surface area contributed by atoms with E-state index >= 15 is 0 Å². The van der Waals surface area contributed by atoms with Crippen LogP contribution in [0.1, 0.15) is 17.1 Å². The minimum Gasteiger partial charge on any atom is -0.497 e. The summed E-state index contributed by atoms with van der Waals surface area (Å²) in [4.78, 5) is 2.14. The summed E-state index contributed by atoms with van der Waals surface area (Å²) in [6.07, 6.45) is 0. The summed E-state index contributed by atoms with van der Waals surface area (Å²) in [5.74, 6) is 2.81. The maximum atomic E-state index is 5.80. The minimum atomic E-state index is 0.734. The molecule has 0 saturated heterocycles. The van der Waals surface area contributed by atoms with Crippen molar-refractivity contribution >= 4 is 5.69 Å². The van der Waals surface area contributed by atoms with Crippen LogP contribution in [-0.4, -0.2) is 21.2 Å². The van der Waals surface area contributed by atoms with E-state index < -0.39 is 0 Å². The lowest BCUT2D eigenvalue weighted by Gasteiger charge is -2.18. The fourth-order valence-corrected chi connectivity index (χ4v) is 2.20. The molecule has 1 aromatic carbocycles. The van der Waals surface area contributed by atoms with Crippen molar-refractivity contribution in [2.45, 2.75) is 20.0 Å². The number of hydrogen-bond donors (Lipinski definition) is 1. The summed E-state index contributed by atoms with van der Waals surface area (Å²) in [5, 5.41) is 3.15. The largest absolute Gasteiger partial charge is 0.497 e. The van der Waals surface area contributed by atoms with Crippen molar-refractivity contribution in [2.24, 2.45) is 0 Å². The molecule has 0 atom stereocenters. The highest BCUT2D eigenvalue weighted by molar-refractivity contribution is 5.50. The lowest BCUT2D eigenvalue weighted by Crippen LogP contribution is -2.15. The molecular formula is C16H22N2O2. The quantitative estimate of drug-likeness (QED) is 0.879. The summed E-state index contributed by atoms with van der Waals surface area (Å²) < 4.78 is 11.1. The molecule has 0 radical (unpaired) electrons. The third-order valence-electron chi connectivity index (χ3n) is 3.33. The van der Waals surface area contributed by atoms with Crippen LogP contribution >= 0.6 is 0 Å². The number of nitrogens with zero attached hydrogens (tertiary/aromatic N) is 1.